The molecule has 0 N–H and O–H groups in total. The van der Waals surface area contributed by atoms with Crippen molar-refractivity contribution in [3.05, 3.63) is 22.2 Å². The molecular formula is C16H25ClN2O. The Labute approximate surface area is 127 Å². The van der Waals surface area contributed by atoms with Gasteiger partial charge in [-0.1, -0.05) is 32.4 Å². The van der Waals surface area contributed by atoms with Gasteiger partial charge < -0.3 is 4.74 Å². The molecule has 1 saturated carbocycles. The highest BCUT2D eigenvalue weighted by Crippen LogP contribution is 2.46. The standard InChI is InChI=1S/C16H25ClN2O/c1-6-12-11(2)18-14(19-13(12)17)16(20-5)9-7-15(3,4)8-10-16/h6-10H2,1-5H3. The second kappa shape index (κ2) is 5.61. The second-order valence-corrected chi connectivity index (χ2v) is 6.98. The topological polar surface area (TPSA) is 35.0 Å². The van der Waals surface area contributed by atoms with Crippen molar-refractivity contribution in [1.29, 1.82) is 0 Å². The predicted octanol–water partition coefficient (Wildman–Crippen LogP) is 4.44. The number of nitrogens with zero attached hydrogens (tertiary/aromatic N) is 2. The van der Waals surface area contributed by atoms with Crippen LogP contribution < -0.4 is 0 Å². The van der Waals surface area contributed by atoms with Crippen LogP contribution in [0.15, 0.2) is 0 Å². The average Bonchev–Trinajstić information content (AvgIpc) is 2.39. The normalized spacial score (nSPS) is 20.9. The summed E-state index contributed by atoms with van der Waals surface area (Å²) in [6.45, 7) is 8.70. The Kier molecular flexibility index (Phi) is 4.41. The lowest BCUT2D eigenvalue weighted by Crippen LogP contribution is -2.38. The number of rotatable bonds is 3. The van der Waals surface area contributed by atoms with Crippen molar-refractivity contribution in [1.82, 2.24) is 9.97 Å². The van der Waals surface area contributed by atoms with Crippen LogP contribution in [0.1, 0.15) is 63.5 Å². The van der Waals surface area contributed by atoms with E-state index in [1.165, 1.54) is 0 Å². The summed E-state index contributed by atoms with van der Waals surface area (Å²) in [5.41, 5.74) is 2.03. The summed E-state index contributed by atoms with van der Waals surface area (Å²) in [4.78, 5) is 9.25. The number of hydrogen-bond acceptors (Lipinski definition) is 3. The molecule has 0 radical (unpaired) electrons. The fourth-order valence-corrected chi connectivity index (χ4v) is 3.37. The number of halogens is 1. The lowest BCUT2D eigenvalue weighted by atomic mass is 9.70. The van der Waals surface area contributed by atoms with Crippen LogP contribution in [0.2, 0.25) is 5.15 Å². The van der Waals surface area contributed by atoms with Crippen LogP contribution in [0, 0.1) is 12.3 Å². The third kappa shape index (κ3) is 2.84. The van der Waals surface area contributed by atoms with Crippen LogP contribution in [0.5, 0.6) is 0 Å². The lowest BCUT2D eigenvalue weighted by molar-refractivity contribution is -0.0730. The smallest absolute Gasteiger partial charge is 0.162 e. The Bertz CT molecular complexity index is 466. The molecule has 0 saturated heterocycles. The summed E-state index contributed by atoms with van der Waals surface area (Å²) in [6.07, 6.45) is 5.01. The van der Waals surface area contributed by atoms with Crippen LogP contribution in [-0.4, -0.2) is 17.1 Å². The zero-order valence-electron chi connectivity index (χ0n) is 13.2. The SMILES string of the molecule is CCc1c(C)nc(C2(OC)CCC(C)(C)CC2)nc1Cl. The third-order valence-corrected chi connectivity index (χ3v) is 5.04. The monoisotopic (exact) mass is 296 g/mol. The van der Waals surface area contributed by atoms with Gasteiger partial charge in [0.15, 0.2) is 5.82 Å². The summed E-state index contributed by atoms with van der Waals surface area (Å²) in [5, 5.41) is 0.580. The number of methoxy groups -OCH3 is 1. The van der Waals surface area contributed by atoms with E-state index in [9.17, 15) is 0 Å². The minimum Gasteiger partial charge on any atom is -0.370 e. The zero-order chi connectivity index (χ0) is 15.0. The molecule has 0 spiro atoms. The summed E-state index contributed by atoms with van der Waals surface area (Å²) in [6, 6.07) is 0. The van der Waals surface area contributed by atoms with Gasteiger partial charge in [0.2, 0.25) is 0 Å². The molecule has 2 rings (SSSR count). The Hall–Kier alpha value is -0.670. The fourth-order valence-electron chi connectivity index (χ4n) is 3.02. The van der Waals surface area contributed by atoms with E-state index in [4.69, 9.17) is 21.3 Å². The van der Waals surface area contributed by atoms with E-state index < -0.39 is 0 Å². The number of ether oxygens (including phenoxy) is 1. The van der Waals surface area contributed by atoms with Crippen LogP contribution in [0.25, 0.3) is 0 Å². The van der Waals surface area contributed by atoms with Gasteiger partial charge in [-0.3, -0.25) is 0 Å². The molecule has 1 aliphatic carbocycles. The fraction of sp³-hybridized carbons (Fsp3) is 0.750. The van der Waals surface area contributed by atoms with Crippen LogP contribution in [0.4, 0.5) is 0 Å². The molecule has 0 atom stereocenters. The number of hydrogen-bond donors (Lipinski definition) is 0. The van der Waals surface area contributed by atoms with Crippen LogP contribution in [0.3, 0.4) is 0 Å². The van der Waals surface area contributed by atoms with Crippen molar-refractivity contribution in [3.63, 3.8) is 0 Å². The average molecular weight is 297 g/mol. The van der Waals surface area contributed by atoms with Gasteiger partial charge >= 0.3 is 0 Å². The molecule has 3 nitrogen and oxygen atoms in total. The maximum atomic E-state index is 6.32. The van der Waals surface area contributed by atoms with Gasteiger partial charge in [-0.05, 0) is 44.4 Å². The summed E-state index contributed by atoms with van der Waals surface area (Å²) >= 11 is 6.32. The van der Waals surface area contributed by atoms with Gasteiger partial charge in [-0.15, -0.1) is 0 Å². The lowest BCUT2D eigenvalue weighted by Gasteiger charge is -2.41. The zero-order valence-corrected chi connectivity index (χ0v) is 14.0. The first-order chi connectivity index (χ1) is 9.33. The van der Waals surface area contributed by atoms with Gasteiger partial charge in [0.05, 0.1) is 0 Å². The molecule has 1 fully saturated rings. The molecule has 0 bridgehead atoms. The first kappa shape index (κ1) is 15.7. The Morgan fingerprint density at radius 2 is 1.75 bits per heavy atom. The van der Waals surface area contributed by atoms with Crippen molar-refractivity contribution in [3.8, 4) is 0 Å². The van der Waals surface area contributed by atoms with Crippen molar-refractivity contribution < 1.29 is 4.74 Å². The summed E-state index contributed by atoms with van der Waals surface area (Å²) in [7, 11) is 1.76. The van der Waals surface area contributed by atoms with E-state index >= 15 is 0 Å². The van der Waals surface area contributed by atoms with Gasteiger partial charge in [-0.25, -0.2) is 9.97 Å². The van der Waals surface area contributed by atoms with Crippen molar-refractivity contribution in [2.24, 2.45) is 5.41 Å². The van der Waals surface area contributed by atoms with Gasteiger partial charge in [0.25, 0.3) is 0 Å². The number of aryl methyl sites for hydroxylation is 1. The predicted molar refractivity (Wildman–Crippen MR) is 82.1 cm³/mol. The van der Waals surface area contributed by atoms with Crippen molar-refractivity contribution in [2.45, 2.75) is 65.4 Å². The molecule has 1 aromatic heterocycles. The maximum Gasteiger partial charge on any atom is 0.162 e. The first-order valence-electron chi connectivity index (χ1n) is 7.42. The van der Waals surface area contributed by atoms with Crippen LogP contribution in [-0.2, 0) is 16.8 Å². The van der Waals surface area contributed by atoms with E-state index in [1.807, 2.05) is 6.92 Å². The van der Waals surface area contributed by atoms with E-state index in [0.717, 1.165) is 49.2 Å². The van der Waals surface area contributed by atoms with Crippen molar-refractivity contribution >= 4 is 11.6 Å². The quantitative estimate of drug-likeness (QED) is 0.773. The Morgan fingerprint density at radius 1 is 1.15 bits per heavy atom. The highest BCUT2D eigenvalue weighted by Gasteiger charge is 2.42. The summed E-state index contributed by atoms with van der Waals surface area (Å²) < 4.78 is 5.86. The molecule has 0 amide bonds. The van der Waals surface area contributed by atoms with Gasteiger partial charge in [-0.2, -0.15) is 0 Å². The molecule has 0 unspecified atom stereocenters. The molecule has 1 heterocycles. The van der Waals surface area contributed by atoms with Crippen LogP contribution >= 0.6 is 11.6 Å². The largest absolute Gasteiger partial charge is 0.370 e. The van der Waals surface area contributed by atoms with Crippen molar-refractivity contribution in [2.75, 3.05) is 7.11 Å². The molecule has 0 aromatic carbocycles. The van der Waals surface area contributed by atoms with Gasteiger partial charge in [0, 0.05) is 18.4 Å². The third-order valence-electron chi connectivity index (χ3n) is 4.73. The molecule has 1 aliphatic rings. The number of aromatic nitrogens is 2. The Balaban J connectivity index is 2.38. The van der Waals surface area contributed by atoms with E-state index in [1.54, 1.807) is 7.11 Å². The minimum absolute atomic E-state index is 0.365. The molecule has 4 heteroatoms. The Morgan fingerprint density at radius 3 is 2.20 bits per heavy atom. The van der Waals surface area contributed by atoms with E-state index in [-0.39, 0.29) is 5.60 Å². The second-order valence-electron chi connectivity index (χ2n) is 6.62. The minimum atomic E-state index is -0.365. The molecular weight excluding hydrogens is 272 g/mol. The van der Waals surface area contributed by atoms with Gasteiger partial charge in [0.1, 0.15) is 10.8 Å². The first-order valence-corrected chi connectivity index (χ1v) is 7.80. The highest BCUT2D eigenvalue weighted by molar-refractivity contribution is 6.30. The molecule has 0 aliphatic heterocycles. The van der Waals surface area contributed by atoms with E-state index in [0.29, 0.717) is 10.6 Å². The van der Waals surface area contributed by atoms with E-state index in [2.05, 4.69) is 25.8 Å². The summed E-state index contributed by atoms with van der Waals surface area (Å²) in [5.74, 6) is 0.759. The molecule has 20 heavy (non-hydrogen) atoms. The molecule has 1 aromatic rings. The molecule has 112 valence electrons. The highest BCUT2D eigenvalue weighted by atomic mass is 35.5. The maximum absolute atomic E-state index is 6.32.